The van der Waals surface area contributed by atoms with Crippen LogP contribution in [0.25, 0.3) is 0 Å². The van der Waals surface area contributed by atoms with Gasteiger partial charge in [0.05, 0.1) is 12.5 Å². The van der Waals surface area contributed by atoms with Crippen molar-refractivity contribution in [3.63, 3.8) is 0 Å². The number of hydrogen-bond acceptors (Lipinski definition) is 7. The number of benzene rings is 3. The molecule has 9 nitrogen and oxygen atoms in total. The van der Waals surface area contributed by atoms with Gasteiger partial charge in [-0.15, -0.1) is 0 Å². The van der Waals surface area contributed by atoms with Crippen molar-refractivity contribution < 1.29 is 24.7 Å². The summed E-state index contributed by atoms with van der Waals surface area (Å²) in [5, 5.41) is 23.4. The van der Waals surface area contributed by atoms with E-state index in [-0.39, 0.29) is 6.61 Å². The summed E-state index contributed by atoms with van der Waals surface area (Å²) in [5.41, 5.74) is -2.82. The number of aliphatic hydroxyl groups is 2. The summed E-state index contributed by atoms with van der Waals surface area (Å²) < 4.78 is 7.80. The standard InChI is InChI=1S/C29H28N2O7/c1-36-37-19-23-25(33)26(34)29(38-23,31-18-17-24(32)30-27(31)35)28(20-11-5-2-6-12-20,21-13-7-3-8-14-21)22-15-9-4-10-16-22/h2-18,23,25-26,33-34H,19H2,1H3,(H,30,32,35)/t23-,25-,26-,29+/m1/s1. The van der Waals surface area contributed by atoms with E-state index in [1.165, 1.54) is 19.4 Å². The smallest absolute Gasteiger partial charge is 0.330 e. The highest BCUT2D eigenvalue weighted by Gasteiger charge is 2.68. The van der Waals surface area contributed by atoms with Crippen LogP contribution in [0, 0.1) is 0 Å². The van der Waals surface area contributed by atoms with Crippen molar-refractivity contribution in [2.75, 3.05) is 13.7 Å². The van der Waals surface area contributed by atoms with E-state index >= 15 is 0 Å². The quantitative estimate of drug-likeness (QED) is 0.186. The van der Waals surface area contributed by atoms with Crippen molar-refractivity contribution in [1.29, 1.82) is 0 Å². The fourth-order valence-corrected chi connectivity index (χ4v) is 5.63. The zero-order valence-corrected chi connectivity index (χ0v) is 20.6. The Morgan fingerprint density at radius 1 is 0.868 bits per heavy atom. The zero-order chi connectivity index (χ0) is 26.8. The SMILES string of the molecule is COOC[C@H]1O[C@](n2ccc(=O)[nH]c2=O)(C(c2ccccc2)(c2ccccc2)c2ccccc2)[C@H](O)[C@@H]1O. The molecule has 4 aromatic rings. The molecule has 2 heterocycles. The van der Waals surface area contributed by atoms with Crippen LogP contribution in [0.3, 0.4) is 0 Å². The first-order valence-corrected chi connectivity index (χ1v) is 12.2. The molecule has 1 aliphatic heterocycles. The summed E-state index contributed by atoms with van der Waals surface area (Å²) in [6, 6.07) is 29.1. The first-order valence-electron chi connectivity index (χ1n) is 12.2. The molecule has 1 fully saturated rings. The van der Waals surface area contributed by atoms with Gasteiger partial charge in [0.15, 0.2) is 5.72 Å². The van der Waals surface area contributed by atoms with Gasteiger partial charge in [0, 0.05) is 12.3 Å². The monoisotopic (exact) mass is 516 g/mol. The van der Waals surface area contributed by atoms with Crippen molar-refractivity contribution in [3.05, 3.63) is 141 Å². The summed E-state index contributed by atoms with van der Waals surface area (Å²) in [6.45, 7) is -0.233. The van der Waals surface area contributed by atoms with Crippen molar-refractivity contribution >= 4 is 0 Å². The molecule has 3 aromatic carbocycles. The largest absolute Gasteiger partial charge is 0.387 e. The van der Waals surface area contributed by atoms with Gasteiger partial charge >= 0.3 is 5.69 Å². The fourth-order valence-electron chi connectivity index (χ4n) is 5.63. The second-order valence-corrected chi connectivity index (χ2v) is 9.07. The average molecular weight is 517 g/mol. The van der Waals surface area contributed by atoms with Gasteiger partial charge in [-0.05, 0) is 16.7 Å². The van der Waals surface area contributed by atoms with Gasteiger partial charge in [0.25, 0.3) is 5.56 Å². The van der Waals surface area contributed by atoms with E-state index in [1.54, 1.807) is 0 Å². The van der Waals surface area contributed by atoms with E-state index in [9.17, 15) is 19.8 Å². The Labute approximate surface area is 218 Å². The number of aliphatic hydroxyl groups excluding tert-OH is 2. The van der Waals surface area contributed by atoms with Crippen LogP contribution >= 0.6 is 0 Å². The molecule has 196 valence electrons. The van der Waals surface area contributed by atoms with Gasteiger partial charge in [-0.3, -0.25) is 14.3 Å². The number of nitrogens with zero attached hydrogens (tertiary/aromatic N) is 1. The maximum atomic E-state index is 13.5. The Kier molecular flexibility index (Phi) is 7.11. The lowest BCUT2D eigenvalue weighted by molar-refractivity contribution is -0.296. The molecule has 0 aliphatic carbocycles. The van der Waals surface area contributed by atoms with E-state index in [0.29, 0.717) is 16.7 Å². The number of nitrogens with one attached hydrogen (secondary N) is 1. The molecule has 9 heteroatoms. The van der Waals surface area contributed by atoms with Crippen LogP contribution in [0.15, 0.2) is 113 Å². The van der Waals surface area contributed by atoms with Gasteiger partial charge in [-0.25, -0.2) is 14.6 Å². The second-order valence-electron chi connectivity index (χ2n) is 9.07. The van der Waals surface area contributed by atoms with E-state index in [2.05, 4.69) is 4.98 Å². The number of ether oxygens (including phenoxy) is 1. The molecule has 38 heavy (non-hydrogen) atoms. The van der Waals surface area contributed by atoms with Gasteiger partial charge < -0.3 is 14.9 Å². The average Bonchev–Trinajstić information content (AvgIpc) is 3.20. The number of H-pyrrole nitrogens is 1. The lowest BCUT2D eigenvalue weighted by Crippen LogP contribution is -2.64. The van der Waals surface area contributed by atoms with Crippen LogP contribution in [0.2, 0.25) is 0 Å². The molecule has 4 atom stereocenters. The number of aromatic amines is 1. The Morgan fingerprint density at radius 2 is 1.37 bits per heavy atom. The highest BCUT2D eigenvalue weighted by Crippen LogP contribution is 2.56. The van der Waals surface area contributed by atoms with Crippen molar-refractivity contribution in [2.45, 2.75) is 29.5 Å². The molecule has 5 rings (SSSR count). The Bertz CT molecular complexity index is 1380. The molecule has 1 saturated heterocycles. The van der Waals surface area contributed by atoms with E-state index in [0.717, 1.165) is 4.57 Å². The lowest BCUT2D eigenvalue weighted by atomic mass is 9.60. The molecule has 0 spiro atoms. The second kappa shape index (κ2) is 10.5. The maximum absolute atomic E-state index is 13.5. The van der Waals surface area contributed by atoms with E-state index in [4.69, 9.17) is 14.5 Å². The Morgan fingerprint density at radius 3 is 1.82 bits per heavy atom. The van der Waals surface area contributed by atoms with Crippen molar-refractivity contribution in [2.24, 2.45) is 0 Å². The highest BCUT2D eigenvalue weighted by molar-refractivity contribution is 5.54. The predicted octanol–water partition coefficient (Wildman–Crippen LogP) is 1.92. The van der Waals surface area contributed by atoms with Crippen LogP contribution in [0.1, 0.15) is 16.7 Å². The molecule has 0 saturated carbocycles. The topological polar surface area (TPSA) is 123 Å². The summed E-state index contributed by atoms with van der Waals surface area (Å²) >= 11 is 0. The molecule has 0 radical (unpaired) electrons. The number of hydrogen-bond donors (Lipinski definition) is 3. The molecular weight excluding hydrogens is 488 g/mol. The normalized spacial score (nSPS) is 23.4. The van der Waals surface area contributed by atoms with Crippen molar-refractivity contribution in [3.8, 4) is 0 Å². The third kappa shape index (κ3) is 3.92. The minimum atomic E-state index is -2.00. The number of aromatic nitrogens is 2. The van der Waals surface area contributed by atoms with Gasteiger partial charge in [-0.2, -0.15) is 0 Å². The summed E-state index contributed by atoms with van der Waals surface area (Å²) in [7, 11) is 1.32. The lowest BCUT2D eigenvalue weighted by Gasteiger charge is -2.51. The van der Waals surface area contributed by atoms with E-state index in [1.807, 2.05) is 91.0 Å². The third-order valence-electron chi connectivity index (χ3n) is 7.13. The molecule has 3 N–H and O–H groups in total. The summed E-state index contributed by atoms with van der Waals surface area (Å²) in [5.74, 6) is 0. The minimum Gasteiger partial charge on any atom is -0.387 e. The highest BCUT2D eigenvalue weighted by atomic mass is 17.2. The van der Waals surface area contributed by atoms with Gasteiger partial charge in [-0.1, -0.05) is 91.0 Å². The van der Waals surface area contributed by atoms with Gasteiger partial charge in [0.2, 0.25) is 0 Å². The van der Waals surface area contributed by atoms with Crippen LogP contribution in [-0.4, -0.2) is 51.8 Å². The number of rotatable bonds is 8. The van der Waals surface area contributed by atoms with Crippen LogP contribution in [0.5, 0.6) is 0 Å². The first kappa shape index (κ1) is 25.8. The fraction of sp³-hybridized carbons (Fsp3) is 0.241. The summed E-state index contributed by atoms with van der Waals surface area (Å²) in [6.07, 6.45) is -2.98. The summed E-state index contributed by atoms with van der Waals surface area (Å²) in [4.78, 5) is 37.8. The molecular formula is C29H28N2O7. The molecule has 1 aliphatic rings. The van der Waals surface area contributed by atoms with Gasteiger partial charge in [0.1, 0.15) is 24.9 Å². The molecule has 0 amide bonds. The van der Waals surface area contributed by atoms with Crippen LogP contribution in [0.4, 0.5) is 0 Å². The Hall–Kier alpha value is -3.86. The van der Waals surface area contributed by atoms with Crippen LogP contribution in [-0.2, 0) is 25.7 Å². The molecule has 0 bridgehead atoms. The predicted molar refractivity (Wildman–Crippen MR) is 138 cm³/mol. The maximum Gasteiger partial charge on any atom is 0.330 e. The molecule has 0 unspecified atom stereocenters. The third-order valence-corrected chi connectivity index (χ3v) is 7.13. The molecule has 1 aromatic heterocycles. The minimum absolute atomic E-state index is 0.233. The Balaban J connectivity index is 1.98. The zero-order valence-electron chi connectivity index (χ0n) is 20.6. The first-order chi connectivity index (χ1) is 18.5. The van der Waals surface area contributed by atoms with E-state index < -0.39 is 40.7 Å². The van der Waals surface area contributed by atoms with Crippen LogP contribution < -0.4 is 11.2 Å². The van der Waals surface area contributed by atoms with Crippen molar-refractivity contribution in [1.82, 2.24) is 9.55 Å².